The second kappa shape index (κ2) is 6.25. The molecule has 1 aromatic carbocycles. The van der Waals surface area contributed by atoms with Crippen molar-refractivity contribution >= 4 is 23.2 Å². The maximum Gasteiger partial charge on any atom is 0.231 e. The molecule has 0 heterocycles. The first-order chi connectivity index (χ1) is 9.61. The summed E-state index contributed by atoms with van der Waals surface area (Å²) in [5.74, 6) is -0.0636. The van der Waals surface area contributed by atoms with Crippen LogP contribution in [0, 0.1) is 16.7 Å². The molecule has 0 unspecified atom stereocenters. The fourth-order valence-corrected chi connectivity index (χ4v) is 2.92. The molecule has 0 aliphatic heterocycles. The first-order valence-electron chi connectivity index (χ1n) is 6.82. The Morgan fingerprint density at radius 3 is 2.65 bits per heavy atom. The number of hydrogen-bond acceptors (Lipinski definition) is 3. The number of rotatable bonds is 3. The van der Waals surface area contributed by atoms with Crippen molar-refractivity contribution in [1.29, 1.82) is 5.26 Å². The lowest BCUT2D eigenvalue weighted by molar-refractivity contribution is -0.126. The number of nitrogens with two attached hydrogens (primary N) is 1. The van der Waals surface area contributed by atoms with Crippen molar-refractivity contribution in [3.63, 3.8) is 0 Å². The van der Waals surface area contributed by atoms with Crippen LogP contribution < -0.4 is 11.1 Å². The fourth-order valence-electron chi connectivity index (χ4n) is 2.69. The second-order valence-corrected chi connectivity index (χ2v) is 5.71. The van der Waals surface area contributed by atoms with E-state index in [1.807, 2.05) is 6.07 Å². The van der Waals surface area contributed by atoms with Gasteiger partial charge in [0.05, 0.1) is 27.8 Å². The lowest BCUT2D eigenvalue weighted by atomic mass is 9.73. The SMILES string of the molecule is N#Cc1ccc(NC(=O)C2(CN)CCCCC2)c(Cl)c1. The largest absolute Gasteiger partial charge is 0.329 e. The molecule has 106 valence electrons. The molecule has 1 saturated carbocycles. The Kier molecular flexibility index (Phi) is 4.64. The smallest absolute Gasteiger partial charge is 0.231 e. The first-order valence-corrected chi connectivity index (χ1v) is 7.20. The average Bonchev–Trinajstić information content (AvgIpc) is 2.49. The normalized spacial score (nSPS) is 17.2. The maximum atomic E-state index is 12.5. The zero-order chi connectivity index (χ0) is 14.6. The third kappa shape index (κ3) is 2.95. The minimum absolute atomic E-state index is 0.0636. The molecule has 1 aliphatic carbocycles. The fraction of sp³-hybridized carbons (Fsp3) is 0.467. The van der Waals surface area contributed by atoms with E-state index < -0.39 is 5.41 Å². The highest BCUT2D eigenvalue weighted by molar-refractivity contribution is 6.33. The summed E-state index contributed by atoms with van der Waals surface area (Å²) in [5.41, 5.74) is 6.37. The van der Waals surface area contributed by atoms with Crippen LogP contribution in [0.3, 0.4) is 0 Å². The van der Waals surface area contributed by atoms with Crippen molar-refractivity contribution in [1.82, 2.24) is 0 Å². The van der Waals surface area contributed by atoms with Crippen LogP contribution in [0.15, 0.2) is 18.2 Å². The predicted octanol–water partition coefficient (Wildman–Crippen LogP) is 3.06. The summed E-state index contributed by atoms with van der Waals surface area (Å²) in [6.45, 7) is 0.354. The van der Waals surface area contributed by atoms with Gasteiger partial charge < -0.3 is 11.1 Å². The van der Waals surface area contributed by atoms with Crippen molar-refractivity contribution < 1.29 is 4.79 Å². The van der Waals surface area contributed by atoms with E-state index in [4.69, 9.17) is 22.6 Å². The van der Waals surface area contributed by atoms with Gasteiger partial charge in [-0.2, -0.15) is 5.26 Å². The van der Waals surface area contributed by atoms with Crippen LogP contribution in [-0.4, -0.2) is 12.5 Å². The predicted molar refractivity (Wildman–Crippen MR) is 79.4 cm³/mol. The zero-order valence-corrected chi connectivity index (χ0v) is 12.0. The van der Waals surface area contributed by atoms with E-state index in [0.717, 1.165) is 32.1 Å². The number of benzene rings is 1. The molecule has 0 atom stereocenters. The lowest BCUT2D eigenvalue weighted by Crippen LogP contribution is -2.43. The summed E-state index contributed by atoms with van der Waals surface area (Å²) >= 11 is 6.08. The number of hydrogen-bond donors (Lipinski definition) is 2. The van der Waals surface area contributed by atoms with Gasteiger partial charge in [-0.3, -0.25) is 4.79 Å². The molecule has 0 bridgehead atoms. The molecule has 0 spiro atoms. The topological polar surface area (TPSA) is 78.9 Å². The Morgan fingerprint density at radius 2 is 2.10 bits per heavy atom. The molecular formula is C15H18ClN3O. The van der Waals surface area contributed by atoms with E-state index in [9.17, 15) is 4.79 Å². The van der Waals surface area contributed by atoms with Gasteiger partial charge in [-0.15, -0.1) is 0 Å². The monoisotopic (exact) mass is 291 g/mol. The number of carbonyl (C=O) groups excluding carboxylic acids is 1. The number of nitrogens with one attached hydrogen (secondary N) is 1. The standard InChI is InChI=1S/C15H18ClN3O/c16-12-8-11(9-17)4-5-13(12)19-14(20)15(10-18)6-2-1-3-7-15/h4-5,8H,1-3,6-7,10,18H2,(H,19,20). The number of halogens is 1. The summed E-state index contributed by atoms with van der Waals surface area (Å²) in [7, 11) is 0. The van der Waals surface area contributed by atoms with Gasteiger partial charge in [0, 0.05) is 6.54 Å². The number of anilines is 1. The highest BCUT2D eigenvalue weighted by Gasteiger charge is 2.38. The van der Waals surface area contributed by atoms with E-state index >= 15 is 0 Å². The first kappa shape index (κ1) is 14.8. The van der Waals surface area contributed by atoms with Gasteiger partial charge in [0.25, 0.3) is 0 Å². The van der Waals surface area contributed by atoms with Gasteiger partial charge in [0.15, 0.2) is 0 Å². The molecule has 1 aromatic rings. The molecule has 0 aromatic heterocycles. The van der Waals surface area contributed by atoms with Gasteiger partial charge in [-0.25, -0.2) is 0 Å². The summed E-state index contributed by atoms with van der Waals surface area (Å²) < 4.78 is 0. The number of nitrogens with zero attached hydrogens (tertiary/aromatic N) is 1. The third-order valence-electron chi connectivity index (χ3n) is 4.03. The third-order valence-corrected chi connectivity index (χ3v) is 4.34. The van der Waals surface area contributed by atoms with Crippen LogP contribution in [0.1, 0.15) is 37.7 Å². The van der Waals surface area contributed by atoms with Gasteiger partial charge in [-0.05, 0) is 31.0 Å². The highest BCUT2D eigenvalue weighted by Crippen LogP contribution is 2.37. The van der Waals surface area contributed by atoms with Crippen molar-refractivity contribution in [3.05, 3.63) is 28.8 Å². The van der Waals surface area contributed by atoms with Gasteiger partial charge in [0.2, 0.25) is 5.91 Å². The number of nitriles is 1. The Hall–Kier alpha value is -1.57. The molecule has 0 radical (unpaired) electrons. The van der Waals surface area contributed by atoms with E-state index in [-0.39, 0.29) is 5.91 Å². The molecule has 0 saturated heterocycles. The van der Waals surface area contributed by atoms with Gasteiger partial charge >= 0.3 is 0 Å². The molecular weight excluding hydrogens is 274 g/mol. The summed E-state index contributed by atoms with van der Waals surface area (Å²) in [4.78, 5) is 12.5. The van der Waals surface area contributed by atoms with Gasteiger partial charge in [-0.1, -0.05) is 30.9 Å². The van der Waals surface area contributed by atoms with Crippen molar-refractivity contribution in [3.8, 4) is 6.07 Å². The quantitative estimate of drug-likeness (QED) is 0.898. The van der Waals surface area contributed by atoms with Crippen molar-refractivity contribution in [2.75, 3.05) is 11.9 Å². The van der Waals surface area contributed by atoms with Crippen LogP contribution >= 0.6 is 11.6 Å². The summed E-state index contributed by atoms with van der Waals surface area (Å²) in [6, 6.07) is 6.86. The van der Waals surface area contributed by atoms with Crippen LogP contribution in [0.5, 0.6) is 0 Å². The zero-order valence-electron chi connectivity index (χ0n) is 11.3. The Bertz CT molecular complexity index is 545. The van der Waals surface area contributed by atoms with Gasteiger partial charge in [0.1, 0.15) is 0 Å². The summed E-state index contributed by atoms with van der Waals surface area (Å²) in [6.07, 6.45) is 4.87. The Balaban J connectivity index is 2.16. The molecule has 1 aliphatic rings. The van der Waals surface area contributed by atoms with Crippen LogP contribution in [0.4, 0.5) is 5.69 Å². The molecule has 5 heteroatoms. The Labute approximate surface area is 123 Å². The summed E-state index contributed by atoms with van der Waals surface area (Å²) in [5, 5.41) is 12.0. The van der Waals surface area contributed by atoms with Crippen LogP contribution in [0.2, 0.25) is 5.02 Å². The van der Waals surface area contributed by atoms with E-state index in [0.29, 0.717) is 22.8 Å². The van der Waals surface area contributed by atoms with Crippen LogP contribution in [0.25, 0.3) is 0 Å². The minimum atomic E-state index is -0.477. The maximum absolute atomic E-state index is 12.5. The molecule has 4 nitrogen and oxygen atoms in total. The van der Waals surface area contributed by atoms with E-state index in [2.05, 4.69) is 5.32 Å². The number of amides is 1. The molecule has 1 fully saturated rings. The minimum Gasteiger partial charge on any atom is -0.329 e. The number of carbonyl (C=O) groups is 1. The van der Waals surface area contributed by atoms with E-state index in [1.54, 1.807) is 18.2 Å². The molecule has 3 N–H and O–H groups in total. The van der Waals surface area contributed by atoms with Crippen molar-refractivity contribution in [2.45, 2.75) is 32.1 Å². The molecule has 1 amide bonds. The average molecular weight is 292 g/mol. The van der Waals surface area contributed by atoms with E-state index in [1.165, 1.54) is 0 Å². The molecule has 20 heavy (non-hydrogen) atoms. The molecule has 2 rings (SSSR count). The Morgan fingerprint density at radius 1 is 1.40 bits per heavy atom. The highest BCUT2D eigenvalue weighted by atomic mass is 35.5. The van der Waals surface area contributed by atoms with Crippen molar-refractivity contribution in [2.24, 2.45) is 11.1 Å². The van der Waals surface area contributed by atoms with Crippen LogP contribution in [-0.2, 0) is 4.79 Å². The second-order valence-electron chi connectivity index (χ2n) is 5.31. The lowest BCUT2D eigenvalue weighted by Gasteiger charge is -2.34.